The maximum atomic E-state index is 10.2. The second-order valence-electron chi connectivity index (χ2n) is 1.80. The molecule has 0 aliphatic carbocycles. The highest BCUT2D eigenvalue weighted by atomic mass is 35.5. The van der Waals surface area contributed by atoms with Crippen molar-refractivity contribution in [2.45, 2.75) is 0 Å². The quantitative estimate of drug-likeness (QED) is 0.686. The van der Waals surface area contributed by atoms with Crippen LogP contribution in [0.15, 0.2) is 12.4 Å². The molecule has 2 N–H and O–H groups in total. The first-order valence-electron chi connectivity index (χ1n) is 2.70. The van der Waals surface area contributed by atoms with Gasteiger partial charge in [-0.1, -0.05) is 11.6 Å². The number of aromatic nitrogens is 2. The van der Waals surface area contributed by atoms with Gasteiger partial charge in [0, 0.05) is 0 Å². The normalized spacial score (nSPS) is 11.2. The molecule has 0 spiro atoms. The van der Waals surface area contributed by atoms with E-state index in [4.69, 9.17) is 16.2 Å². The molecule has 6 nitrogen and oxygen atoms in total. The summed E-state index contributed by atoms with van der Waals surface area (Å²) in [5, 5.41) is 0.0312. The van der Waals surface area contributed by atoms with Gasteiger partial charge in [0.1, 0.15) is 5.15 Å². The van der Waals surface area contributed by atoms with Gasteiger partial charge in [-0.25, -0.2) is 9.71 Å². The van der Waals surface area contributed by atoms with Gasteiger partial charge in [0.25, 0.3) is 0 Å². The standard InChI is InChI=1S/C4H4ClN3O3S/c5-3-1-6-2-4(7-3)8-12(9,10)11/h1-2H,(H,7,8)(H,9,10,11). The Bertz CT molecular complexity index is 379. The molecule has 66 valence electrons. The monoisotopic (exact) mass is 209 g/mol. The van der Waals surface area contributed by atoms with Gasteiger partial charge in [0.15, 0.2) is 5.82 Å². The number of rotatable bonds is 2. The van der Waals surface area contributed by atoms with Crippen molar-refractivity contribution in [3.05, 3.63) is 17.5 Å². The molecule has 0 saturated carbocycles. The van der Waals surface area contributed by atoms with Crippen molar-refractivity contribution < 1.29 is 13.0 Å². The Kier molecular flexibility index (Phi) is 2.46. The van der Waals surface area contributed by atoms with E-state index in [0.717, 1.165) is 6.20 Å². The lowest BCUT2D eigenvalue weighted by molar-refractivity contribution is 0.489. The number of nitrogens with one attached hydrogen (secondary N) is 1. The van der Waals surface area contributed by atoms with Crippen LogP contribution in [-0.4, -0.2) is 22.9 Å². The Morgan fingerprint density at radius 2 is 2.17 bits per heavy atom. The van der Waals surface area contributed by atoms with Crippen LogP contribution < -0.4 is 4.72 Å². The predicted octanol–water partition coefficient (Wildman–Crippen LogP) is 0.345. The zero-order valence-corrected chi connectivity index (χ0v) is 7.17. The Morgan fingerprint density at radius 3 is 2.67 bits per heavy atom. The lowest BCUT2D eigenvalue weighted by Crippen LogP contribution is -2.11. The summed E-state index contributed by atoms with van der Waals surface area (Å²) in [5.74, 6) is -0.134. The summed E-state index contributed by atoms with van der Waals surface area (Å²) in [6.45, 7) is 0. The van der Waals surface area contributed by atoms with Crippen molar-refractivity contribution >= 4 is 27.7 Å². The molecule has 0 unspecified atom stereocenters. The molecule has 0 aliphatic heterocycles. The van der Waals surface area contributed by atoms with E-state index in [1.165, 1.54) is 6.20 Å². The third kappa shape index (κ3) is 2.99. The average molecular weight is 210 g/mol. The van der Waals surface area contributed by atoms with Gasteiger partial charge >= 0.3 is 10.3 Å². The minimum Gasteiger partial charge on any atom is -0.269 e. The fourth-order valence-corrected chi connectivity index (χ4v) is 1.03. The average Bonchev–Trinajstić information content (AvgIpc) is 1.82. The highest BCUT2D eigenvalue weighted by Gasteiger charge is 2.04. The minimum absolute atomic E-state index is 0.0312. The van der Waals surface area contributed by atoms with Gasteiger partial charge in [0.05, 0.1) is 12.4 Å². The van der Waals surface area contributed by atoms with Crippen LogP contribution in [0.5, 0.6) is 0 Å². The second-order valence-corrected chi connectivity index (χ2v) is 3.35. The van der Waals surface area contributed by atoms with Gasteiger partial charge in [-0.2, -0.15) is 8.42 Å². The van der Waals surface area contributed by atoms with Crippen molar-refractivity contribution in [2.24, 2.45) is 0 Å². The SMILES string of the molecule is O=S(=O)(O)Nc1cncc(Cl)n1. The number of hydrogen-bond acceptors (Lipinski definition) is 4. The van der Waals surface area contributed by atoms with Crippen LogP contribution in [0.2, 0.25) is 5.15 Å². The van der Waals surface area contributed by atoms with Gasteiger partial charge in [-0.05, 0) is 0 Å². The van der Waals surface area contributed by atoms with Gasteiger partial charge in [-0.15, -0.1) is 0 Å². The van der Waals surface area contributed by atoms with Crippen molar-refractivity contribution in [1.29, 1.82) is 0 Å². The Morgan fingerprint density at radius 1 is 1.50 bits per heavy atom. The van der Waals surface area contributed by atoms with Crippen molar-refractivity contribution in [3.8, 4) is 0 Å². The summed E-state index contributed by atoms with van der Waals surface area (Å²) in [5.41, 5.74) is 0. The van der Waals surface area contributed by atoms with Crippen LogP contribution in [0.1, 0.15) is 0 Å². The molecule has 12 heavy (non-hydrogen) atoms. The summed E-state index contributed by atoms with van der Waals surface area (Å²) in [6.07, 6.45) is 2.34. The topological polar surface area (TPSA) is 92.2 Å². The molecule has 0 radical (unpaired) electrons. The molecule has 0 atom stereocenters. The van der Waals surface area contributed by atoms with Crippen molar-refractivity contribution in [1.82, 2.24) is 9.97 Å². The smallest absolute Gasteiger partial charge is 0.269 e. The minimum atomic E-state index is -4.31. The predicted molar refractivity (Wildman–Crippen MR) is 42.2 cm³/mol. The summed E-state index contributed by atoms with van der Waals surface area (Å²) < 4.78 is 30.5. The van der Waals surface area contributed by atoms with E-state index < -0.39 is 10.3 Å². The summed E-state index contributed by atoms with van der Waals surface area (Å²) in [4.78, 5) is 7.05. The van der Waals surface area contributed by atoms with E-state index >= 15 is 0 Å². The molecule has 0 bridgehead atoms. The molecule has 0 amide bonds. The summed E-state index contributed by atoms with van der Waals surface area (Å²) in [6, 6.07) is 0. The first kappa shape index (κ1) is 9.17. The molecule has 8 heteroatoms. The van der Waals surface area contributed by atoms with E-state index in [0.29, 0.717) is 0 Å². The Hall–Kier alpha value is -0.920. The highest BCUT2D eigenvalue weighted by molar-refractivity contribution is 7.87. The van der Waals surface area contributed by atoms with Crippen LogP contribution in [-0.2, 0) is 10.3 Å². The fraction of sp³-hybridized carbons (Fsp3) is 0. The van der Waals surface area contributed by atoms with E-state index in [1.807, 2.05) is 0 Å². The molecule has 1 rings (SSSR count). The van der Waals surface area contributed by atoms with E-state index in [9.17, 15) is 8.42 Å². The Balaban J connectivity index is 2.91. The zero-order chi connectivity index (χ0) is 9.19. The maximum absolute atomic E-state index is 10.2. The van der Waals surface area contributed by atoms with Gasteiger partial charge in [-0.3, -0.25) is 9.54 Å². The fourth-order valence-electron chi connectivity index (χ4n) is 0.523. The maximum Gasteiger partial charge on any atom is 0.358 e. The molecule has 0 aliphatic rings. The van der Waals surface area contributed by atoms with Crippen molar-refractivity contribution in [3.63, 3.8) is 0 Å². The number of halogens is 1. The molecular weight excluding hydrogens is 206 g/mol. The van der Waals surface area contributed by atoms with Gasteiger partial charge < -0.3 is 0 Å². The zero-order valence-electron chi connectivity index (χ0n) is 5.60. The lowest BCUT2D eigenvalue weighted by atomic mass is 10.7. The molecule has 0 saturated heterocycles. The molecule has 0 fully saturated rings. The highest BCUT2D eigenvalue weighted by Crippen LogP contribution is 2.07. The largest absolute Gasteiger partial charge is 0.358 e. The van der Waals surface area contributed by atoms with Crippen LogP contribution in [0.4, 0.5) is 5.82 Å². The van der Waals surface area contributed by atoms with E-state index in [2.05, 4.69) is 9.97 Å². The molecule has 1 aromatic rings. The van der Waals surface area contributed by atoms with Crippen LogP contribution in [0, 0.1) is 0 Å². The van der Waals surface area contributed by atoms with Crippen molar-refractivity contribution in [2.75, 3.05) is 4.72 Å². The first-order valence-corrected chi connectivity index (χ1v) is 4.52. The van der Waals surface area contributed by atoms with E-state index in [1.54, 1.807) is 4.72 Å². The third-order valence-corrected chi connectivity index (χ3v) is 1.49. The molecule has 1 heterocycles. The van der Waals surface area contributed by atoms with E-state index in [-0.39, 0.29) is 11.0 Å². The molecule has 1 aromatic heterocycles. The lowest BCUT2D eigenvalue weighted by Gasteiger charge is -1.99. The Labute approximate surface area is 73.5 Å². The number of hydrogen-bond donors (Lipinski definition) is 2. The molecule has 0 aromatic carbocycles. The summed E-state index contributed by atoms with van der Waals surface area (Å²) in [7, 11) is -4.31. The number of anilines is 1. The molecular formula is C4H4ClN3O3S. The van der Waals surface area contributed by atoms with Crippen LogP contribution >= 0.6 is 11.6 Å². The second kappa shape index (κ2) is 3.21. The van der Waals surface area contributed by atoms with Gasteiger partial charge in [0.2, 0.25) is 0 Å². The number of nitrogens with zero attached hydrogens (tertiary/aromatic N) is 2. The third-order valence-electron chi connectivity index (χ3n) is 0.839. The van der Waals surface area contributed by atoms with Crippen LogP contribution in [0.25, 0.3) is 0 Å². The van der Waals surface area contributed by atoms with Crippen LogP contribution in [0.3, 0.4) is 0 Å². The summed E-state index contributed by atoms with van der Waals surface area (Å²) >= 11 is 5.38. The first-order chi connectivity index (χ1) is 5.47.